The molecule has 0 saturated carbocycles. The predicted molar refractivity (Wildman–Crippen MR) is 98.8 cm³/mol. The Morgan fingerprint density at radius 2 is 1.70 bits per heavy atom. The monoisotopic (exact) mass is 369 g/mol. The number of ketones is 1. The molecule has 0 spiro atoms. The first-order valence-electron chi connectivity index (χ1n) is 8.24. The van der Waals surface area contributed by atoms with Crippen molar-refractivity contribution >= 4 is 23.5 Å². The van der Waals surface area contributed by atoms with Crippen molar-refractivity contribution in [3.63, 3.8) is 0 Å². The SMILES string of the molecule is CC(=O)/C(=C\c1ccccc1[N+](=O)[O-])C(=O)OCCOCc1ccccc1. The summed E-state index contributed by atoms with van der Waals surface area (Å²) < 4.78 is 10.5. The van der Waals surface area contributed by atoms with Crippen LogP contribution in [0.25, 0.3) is 6.08 Å². The van der Waals surface area contributed by atoms with Crippen LogP contribution in [0.1, 0.15) is 18.1 Å². The van der Waals surface area contributed by atoms with Gasteiger partial charge >= 0.3 is 5.97 Å². The highest BCUT2D eigenvalue weighted by molar-refractivity contribution is 6.20. The van der Waals surface area contributed by atoms with Gasteiger partial charge in [0, 0.05) is 6.07 Å². The number of hydrogen-bond acceptors (Lipinski definition) is 6. The largest absolute Gasteiger partial charge is 0.460 e. The van der Waals surface area contributed by atoms with E-state index in [-0.39, 0.29) is 30.0 Å². The molecule has 0 aliphatic heterocycles. The van der Waals surface area contributed by atoms with Crippen LogP contribution in [0.4, 0.5) is 5.69 Å². The first kappa shape index (κ1) is 20.0. The van der Waals surface area contributed by atoms with Gasteiger partial charge in [-0.2, -0.15) is 0 Å². The fourth-order valence-corrected chi connectivity index (χ4v) is 2.27. The number of nitro benzene ring substituents is 1. The van der Waals surface area contributed by atoms with E-state index >= 15 is 0 Å². The second-order valence-corrected chi connectivity index (χ2v) is 5.60. The zero-order valence-electron chi connectivity index (χ0n) is 14.8. The average Bonchev–Trinajstić information content (AvgIpc) is 2.66. The van der Waals surface area contributed by atoms with Gasteiger partial charge in [0.1, 0.15) is 12.2 Å². The summed E-state index contributed by atoms with van der Waals surface area (Å²) in [6.45, 7) is 1.71. The van der Waals surface area contributed by atoms with Gasteiger partial charge in [-0.25, -0.2) is 4.79 Å². The minimum atomic E-state index is -0.844. The van der Waals surface area contributed by atoms with E-state index in [1.165, 1.54) is 31.2 Å². The molecule has 0 aromatic heterocycles. The smallest absolute Gasteiger partial charge is 0.341 e. The number of carbonyl (C=O) groups is 2. The molecule has 0 unspecified atom stereocenters. The molecular formula is C20H19NO6. The molecule has 0 heterocycles. The van der Waals surface area contributed by atoms with E-state index in [1.807, 2.05) is 30.3 Å². The summed E-state index contributed by atoms with van der Waals surface area (Å²) in [7, 11) is 0. The molecule has 0 radical (unpaired) electrons. The third kappa shape index (κ3) is 6.16. The van der Waals surface area contributed by atoms with Gasteiger partial charge in [-0.1, -0.05) is 42.5 Å². The number of Topliss-reactive ketones (excluding diaryl/α,β-unsaturated/α-hetero) is 1. The molecule has 0 amide bonds. The lowest BCUT2D eigenvalue weighted by Crippen LogP contribution is -2.16. The second kappa shape index (κ2) is 9.98. The van der Waals surface area contributed by atoms with E-state index in [4.69, 9.17) is 9.47 Å². The van der Waals surface area contributed by atoms with Gasteiger partial charge in [-0.3, -0.25) is 14.9 Å². The standard InChI is InChI=1S/C20H19NO6/c1-15(22)18(13-17-9-5-6-10-19(17)21(24)25)20(23)27-12-11-26-14-16-7-3-2-4-8-16/h2-10,13H,11-12,14H2,1H3/b18-13+. The van der Waals surface area contributed by atoms with Crippen molar-refractivity contribution in [3.05, 3.63) is 81.4 Å². The lowest BCUT2D eigenvalue weighted by atomic mass is 10.1. The molecule has 2 rings (SSSR count). The van der Waals surface area contributed by atoms with Crippen LogP contribution < -0.4 is 0 Å². The van der Waals surface area contributed by atoms with Crippen molar-refractivity contribution in [1.82, 2.24) is 0 Å². The molecule has 0 bridgehead atoms. The van der Waals surface area contributed by atoms with Crippen LogP contribution in [0.15, 0.2) is 60.2 Å². The molecule has 0 aliphatic rings. The molecular weight excluding hydrogens is 350 g/mol. The Bertz CT molecular complexity index is 845. The van der Waals surface area contributed by atoms with Crippen molar-refractivity contribution in [2.75, 3.05) is 13.2 Å². The maximum atomic E-state index is 12.2. The minimum Gasteiger partial charge on any atom is -0.460 e. The zero-order chi connectivity index (χ0) is 19.6. The molecule has 0 atom stereocenters. The summed E-state index contributed by atoms with van der Waals surface area (Å²) in [5.74, 6) is -1.38. The Labute approximate surface area is 156 Å². The van der Waals surface area contributed by atoms with Crippen molar-refractivity contribution in [1.29, 1.82) is 0 Å². The summed E-state index contributed by atoms with van der Waals surface area (Å²) in [5, 5.41) is 11.1. The summed E-state index contributed by atoms with van der Waals surface area (Å²) >= 11 is 0. The molecule has 7 heteroatoms. The molecule has 2 aromatic rings. The highest BCUT2D eigenvalue weighted by Crippen LogP contribution is 2.21. The molecule has 0 aliphatic carbocycles. The van der Waals surface area contributed by atoms with Gasteiger partial charge in [-0.15, -0.1) is 0 Å². The molecule has 0 saturated heterocycles. The number of benzene rings is 2. The third-order valence-electron chi connectivity index (χ3n) is 3.60. The summed E-state index contributed by atoms with van der Waals surface area (Å²) in [6.07, 6.45) is 1.17. The van der Waals surface area contributed by atoms with Crippen LogP contribution in [-0.4, -0.2) is 29.9 Å². The van der Waals surface area contributed by atoms with Crippen molar-refractivity contribution in [3.8, 4) is 0 Å². The van der Waals surface area contributed by atoms with Crippen molar-refractivity contribution in [2.45, 2.75) is 13.5 Å². The number of nitrogens with zero attached hydrogens (tertiary/aromatic N) is 1. The van der Waals surface area contributed by atoms with E-state index < -0.39 is 16.7 Å². The zero-order valence-corrected chi connectivity index (χ0v) is 14.8. The normalized spacial score (nSPS) is 11.1. The topological polar surface area (TPSA) is 95.7 Å². The third-order valence-corrected chi connectivity index (χ3v) is 3.60. The Morgan fingerprint density at radius 3 is 2.37 bits per heavy atom. The number of para-hydroxylation sites is 1. The van der Waals surface area contributed by atoms with Gasteiger partial charge in [0.05, 0.1) is 23.7 Å². The van der Waals surface area contributed by atoms with E-state index in [9.17, 15) is 19.7 Å². The van der Waals surface area contributed by atoms with Crippen molar-refractivity contribution in [2.24, 2.45) is 0 Å². The van der Waals surface area contributed by atoms with Crippen LogP contribution in [0.5, 0.6) is 0 Å². The number of ether oxygens (including phenoxy) is 2. The van der Waals surface area contributed by atoms with Gasteiger partial charge < -0.3 is 9.47 Å². The molecule has 7 nitrogen and oxygen atoms in total. The van der Waals surface area contributed by atoms with Gasteiger partial charge in [0.15, 0.2) is 5.78 Å². The lowest BCUT2D eigenvalue weighted by molar-refractivity contribution is -0.385. The van der Waals surface area contributed by atoms with Gasteiger partial charge in [0.25, 0.3) is 5.69 Å². The van der Waals surface area contributed by atoms with Gasteiger partial charge in [-0.05, 0) is 24.6 Å². The summed E-state index contributed by atoms with van der Waals surface area (Å²) in [6, 6.07) is 15.4. The molecule has 140 valence electrons. The fourth-order valence-electron chi connectivity index (χ4n) is 2.27. The number of nitro groups is 1. The fraction of sp³-hybridized carbons (Fsp3) is 0.200. The highest BCUT2D eigenvalue weighted by atomic mass is 16.6. The predicted octanol–water partition coefficient (Wildman–Crippen LogP) is 3.33. The first-order chi connectivity index (χ1) is 13.0. The number of carbonyl (C=O) groups excluding carboxylic acids is 2. The number of esters is 1. The maximum absolute atomic E-state index is 12.2. The second-order valence-electron chi connectivity index (χ2n) is 5.60. The Balaban J connectivity index is 1.95. The Morgan fingerprint density at radius 1 is 1.04 bits per heavy atom. The number of rotatable bonds is 9. The van der Waals surface area contributed by atoms with E-state index in [2.05, 4.69) is 0 Å². The van der Waals surface area contributed by atoms with Crippen LogP contribution in [-0.2, 0) is 25.7 Å². The van der Waals surface area contributed by atoms with Crippen LogP contribution in [0, 0.1) is 10.1 Å². The lowest BCUT2D eigenvalue weighted by Gasteiger charge is -2.07. The molecule has 27 heavy (non-hydrogen) atoms. The molecule has 0 fully saturated rings. The average molecular weight is 369 g/mol. The maximum Gasteiger partial charge on any atom is 0.341 e. The van der Waals surface area contributed by atoms with E-state index in [0.29, 0.717) is 6.61 Å². The molecule has 2 aromatic carbocycles. The number of hydrogen-bond donors (Lipinski definition) is 0. The first-order valence-corrected chi connectivity index (χ1v) is 8.24. The van der Waals surface area contributed by atoms with E-state index in [1.54, 1.807) is 6.07 Å². The summed E-state index contributed by atoms with van der Waals surface area (Å²) in [4.78, 5) is 34.4. The van der Waals surface area contributed by atoms with Crippen molar-refractivity contribution < 1.29 is 24.0 Å². The molecule has 0 N–H and O–H groups in total. The Kier molecular flexibility index (Phi) is 7.39. The van der Waals surface area contributed by atoms with Crippen LogP contribution >= 0.6 is 0 Å². The quantitative estimate of drug-likeness (QED) is 0.128. The van der Waals surface area contributed by atoms with Crippen LogP contribution in [0.2, 0.25) is 0 Å². The highest BCUT2D eigenvalue weighted by Gasteiger charge is 2.19. The van der Waals surface area contributed by atoms with Crippen LogP contribution in [0.3, 0.4) is 0 Å². The summed E-state index contributed by atoms with van der Waals surface area (Å²) in [5.41, 5.74) is 0.692. The van der Waals surface area contributed by atoms with E-state index in [0.717, 1.165) is 5.56 Å². The van der Waals surface area contributed by atoms with Gasteiger partial charge in [0.2, 0.25) is 0 Å². The Hall–Kier alpha value is -3.32. The minimum absolute atomic E-state index is 0.0346.